The fraction of sp³-hybridized carbons (Fsp3) is 0.562. The summed E-state index contributed by atoms with van der Waals surface area (Å²) in [5.41, 5.74) is 2.09. The lowest BCUT2D eigenvalue weighted by atomic mass is 10.0. The Kier molecular flexibility index (Phi) is 6.52. The van der Waals surface area contributed by atoms with Crippen molar-refractivity contribution in [2.45, 2.75) is 26.3 Å². The summed E-state index contributed by atoms with van der Waals surface area (Å²) in [5.74, 6) is 0.607. The number of carbonyl (C=O) groups excluding carboxylic acids is 1. The summed E-state index contributed by atoms with van der Waals surface area (Å²) >= 11 is 0. The van der Waals surface area contributed by atoms with Gasteiger partial charge in [0, 0.05) is 26.9 Å². The molecule has 1 amide bonds. The van der Waals surface area contributed by atoms with Crippen LogP contribution in [0.1, 0.15) is 19.4 Å². The van der Waals surface area contributed by atoms with Crippen LogP contribution in [0.4, 0.5) is 5.69 Å². The molecule has 4 nitrogen and oxygen atoms in total. The van der Waals surface area contributed by atoms with Crippen molar-refractivity contribution >= 4 is 11.6 Å². The van der Waals surface area contributed by atoms with Gasteiger partial charge in [-0.25, -0.2) is 0 Å². The first-order chi connectivity index (χ1) is 9.43. The van der Waals surface area contributed by atoms with E-state index in [-0.39, 0.29) is 11.9 Å². The van der Waals surface area contributed by atoms with Crippen LogP contribution in [0.5, 0.6) is 0 Å². The predicted octanol–water partition coefficient (Wildman–Crippen LogP) is 2.40. The number of nitrogens with zero attached hydrogens (tertiary/aromatic N) is 1. The quantitative estimate of drug-likeness (QED) is 0.832. The van der Waals surface area contributed by atoms with Crippen molar-refractivity contribution in [1.82, 2.24) is 4.90 Å². The maximum atomic E-state index is 11.6. The Bertz CT molecular complexity index is 413. The lowest BCUT2D eigenvalue weighted by Crippen LogP contribution is -2.30. The predicted molar refractivity (Wildman–Crippen MR) is 83.0 cm³/mol. The zero-order valence-electron chi connectivity index (χ0n) is 13.1. The van der Waals surface area contributed by atoms with E-state index < -0.39 is 0 Å². The number of methoxy groups -OCH3 is 1. The molecule has 0 spiro atoms. The summed E-state index contributed by atoms with van der Waals surface area (Å²) < 4.78 is 5.23. The highest BCUT2D eigenvalue weighted by molar-refractivity contribution is 5.78. The number of likely N-dealkylation sites (N-methyl/N-ethyl adjacent to an activating group) is 1. The first-order valence-corrected chi connectivity index (χ1v) is 6.98. The van der Waals surface area contributed by atoms with Gasteiger partial charge in [-0.05, 0) is 23.6 Å². The van der Waals surface area contributed by atoms with Gasteiger partial charge in [0.2, 0.25) is 5.91 Å². The van der Waals surface area contributed by atoms with Crippen LogP contribution in [0.2, 0.25) is 0 Å². The molecule has 0 saturated carbocycles. The molecule has 112 valence electrons. The first-order valence-electron chi connectivity index (χ1n) is 6.98. The van der Waals surface area contributed by atoms with Crippen LogP contribution in [0.15, 0.2) is 24.3 Å². The number of hydrogen-bond acceptors (Lipinski definition) is 3. The molecule has 1 aromatic rings. The number of benzene rings is 1. The van der Waals surface area contributed by atoms with Gasteiger partial charge in [0.15, 0.2) is 0 Å². The van der Waals surface area contributed by atoms with Crippen LogP contribution in [-0.4, -0.2) is 44.7 Å². The van der Waals surface area contributed by atoms with Crippen molar-refractivity contribution in [2.75, 3.05) is 33.1 Å². The molecule has 0 aromatic heterocycles. The molecule has 1 aromatic carbocycles. The molecular weight excluding hydrogens is 252 g/mol. The van der Waals surface area contributed by atoms with E-state index in [1.165, 1.54) is 0 Å². The van der Waals surface area contributed by atoms with Gasteiger partial charge in [-0.3, -0.25) is 4.79 Å². The summed E-state index contributed by atoms with van der Waals surface area (Å²) in [4.78, 5) is 13.3. The zero-order valence-corrected chi connectivity index (χ0v) is 13.1. The molecule has 0 aliphatic heterocycles. The van der Waals surface area contributed by atoms with Crippen molar-refractivity contribution in [3.63, 3.8) is 0 Å². The molecule has 20 heavy (non-hydrogen) atoms. The number of nitrogens with one attached hydrogen (secondary N) is 1. The van der Waals surface area contributed by atoms with Gasteiger partial charge in [-0.2, -0.15) is 0 Å². The van der Waals surface area contributed by atoms with Crippen molar-refractivity contribution in [2.24, 2.45) is 5.92 Å². The second-order valence-corrected chi connectivity index (χ2v) is 5.61. The highest BCUT2D eigenvalue weighted by Crippen LogP contribution is 2.15. The molecule has 0 saturated heterocycles. The second kappa shape index (κ2) is 7.90. The van der Waals surface area contributed by atoms with Crippen LogP contribution < -0.4 is 5.32 Å². The summed E-state index contributed by atoms with van der Waals surface area (Å²) in [6.45, 7) is 5.01. The van der Waals surface area contributed by atoms with Crippen LogP contribution in [0.3, 0.4) is 0 Å². The Labute approximate surface area is 122 Å². The van der Waals surface area contributed by atoms with Gasteiger partial charge in [0.05, 0.1) is 19.1 Å². The zero-order chi connectivity index (χ0) is 15.1. The highest BCUT2D eigenvalue weighted by Gasteiger charge is 2.13. The lowest BCUT2D eigenvalue weighted by molar-refractivity contribution is -0.127. The van der Waals surface area contributed by atoms with Crippen LogP contribution in [0, 0.1) is 5.92 Å². The van der Waals surface area contributed by atoms with Gasteiger partial charge in [0.1, 0.15) is 0 Å². The molecule has 1 rings (SSSR count). The SMILES string of the molecule is COCC(Nc1ccc(CC(=O)N(C)C)cc1)C(C)C. The van der Waals surface area contributed by atoms with Crippen molar-refractivity contribution in [1.29, 1.82) is 0 Å². The Morgan fingerprint density at radius 3 is 2.30 bits per heavy atom. The van der Waals surface area contributed by atoms with Gasteiger partial charge in [-0.15, -0.1) is 0 Å². The summed E-state index contributed by atoms with van der Waals surface area (Å²) in [7, 11) is 5.26. The van der Waals surface area contributed by atoms with Crippen molar-refractivity contribution in [3.05, 3.63) is 29.8 Å². The smallest absolute Gasteiger partial charge is 0.226 e. The molecule has 0 fully saturated rings. The van der Waals surface area contributed by atoms with E-state index in [9.17, 15) is 4.79 Å². The molecule has 1 atom stereocenters. The minimum Gasteiger partial charge on any atom is -0.383 e. The Morgan fingerprint density at radius 2 is 1.85 bits per heavy atom. The molecule has 4 heteroatoms. The van der Waals surface area contributed by atoms with E-state index in [1.807, 2.05) is 24.3 Å². The van der Waals surface area contributed by atoms with Crippen molar-refractivity contribution < 1.29 is 9.53 Å². The standard InChI is InChI=1S/C16H26N2O2/c1-12(2)15(11-20-5)17-14-8-6-13(7-9-14)10-16(19)18(3)4/h6-9,12,15,17H,10-11H2,1-5H3. The maximum Gasteiger partial charge on any atom is 0.226 e. The maximum absolute atomic E-state index is 11.6. The van der Waals surface area contributed by atoms with Crippen molar-refractivity contribution in [3.8, 4) is 0 Å². The van der Waals surface area contributed by atoms with E-state index in [0.717, 1.165) is 11.3 Å². The van der Waals surface area contributed by atoms with E-state index in [2.05, 4.69) is 19.2 Å². The molecule has 0 radical (unpaired) electrons. The average molecular weight is 278 g/mol. The fourth-order valence-electron chi connectivity index (χ4n) is 1.85. The van der Waals surface area contributed by atoms with E-state index >= 15 is 0 Å². The first kappa shape index (κ1) is 16.5. The topological polar surface area (TPSA) is 41.6 Å². The summed E-state index contributed by atoms with van der Waals surface area (Å²) in [5, 5.41) is 3.46. The minimum absolute atomic E-state index is 0.116. The van der Waals surface area contributed by atoms with E-state index in [1.54, 1.807) is 26.1 Å². The number of carbonyl (C=O) groups is 1. The number of rotatable bonds is 7. The largest absolute Gasteiger partial charge is 0.383 e. The van der Waals surface area contributed by atoms with E-state index in [0.29, 0.717) is 18.9 Å². The summed E-state index contributed by atoms with van der Waals surface area (Å²) in [6, 6.07) is 8.31. The normalized spacial score (nSPS) is 12.3. The average Bonchev–Trinajstić information content (AvgIpc) is 2.40. The second-order valence-electron chi connectivity index (χ2n) is 5.61. The van der Waals surface area contributed by atoms with Gasteiger partial charge in [-0.1, -0.05) is 26.0 Å². The third-order valence-electron chi connectivity index (χ3n) is 3.31. The van der Waals surface area contributed by atoms with Gasteiger partial charge >= 0.3 is 0 Å². The number of anilines is 1. The molecular formula is C16H26N2O2. The van der Waals surface area contributed by atoms with E-state index in [4.69, 9.17) is 4.74 Å². The molecule has 0 aliphatic carbocycles. The molecule has 1 unspecified atom stereocenters. The lowest BCUT2D eigenvalue weighted by Gasteiger charge is -2.22. The Hall–Kier alpha value is -1.55. The molecule has 0 heterocycles. The summed E-state index contributed by atoms with van der Waals surface area (Å²) in [6.07, 6.45) is 0.443. The number of amides is 1. The Balaban J connectivity index is 2.64. The third-order valence-corrected chi connectivity index (χ3v) is 3.31. The molecule has 0 aliphatic rings. The fourth-order valence-corrected chi connectivity index (χ4v) is 1.85. The van der Waals surface area contributed by atoms with Crippen LogP contribution in [-0.2, 0) is 16.0 Å². The minimum atomic E-state index is 0.116. The highest BCUT2D eigenvalue weighted by atomic mass is 16.5. The third kappa shape index (κ3) is 5.21. The molecule has 0 bridgehead atoms. The molecule has 1 N–H and O–H groups in total. The van der Waals surface area contributed by atoms with Crippen LogP contribution >= 0.6 is 0 Å². The number of ether oxygens (including phenoxy) is 1. The Morgan fingerprint density at radius 1 is 1.25 bits per heavy atom. The van der Waals surface area contributed by atoms with Gasteiger partial charge < -0.3 is 15.0 Å². The van der Waals surface area contributed by atoms with Gasteiger partial charge in [0.25, 0.3) is 0 Å². The monoisotopic (exact) mass is 278 g/mol. The number of hydrogen-bond donors (Lipinski definition) is 1. The van der Waals surface area contributed by atoms with Crippen LogP contribution in [0.25, 0.3) is 0 Å².